The van der Waals surface area contributed by atoms with E-state index < -0.39 is 0 Å². The third-order valence-electron chi connectivity index (χ3n) is 2.44. The molecular weight excluding hydrogens is 307 g/mol. The summed E-state index contributed by atoms with van der Waals surface area (Å²) in [6.07, 6.45) is 0. The summed E-state index contributed by atoms with van der Waals surface area (Å²) in [4.78, 5) is 11.9. The Morgan fingerprint density at radius 3 is 2.37 bits per heavy atom. The molecule has 2 nitrogen and oxygen atoms in total. The number of carbonyl (C=O) groups excluding carboxylic acids is 1. The van der Waals surface area contributed by atoms with Crippen molar-refractivity contribution in [2.24, 2.45) is 0 Å². The summed E-state index contributed by atoms with van der Waals surface area (Å²) in [5.41, 5.74) is 0.434. The predicted octanol–water partition coefficient (Wildman–Crippen LogP) is 4.91. The largest absolute Gasteiger partial charge is 0.485 e. The van der Waals surface area contributed by atoms with Crippen molar-refractivity contribution in [1.82, 2.24) is 0 Å². The van der Waals surface area contributed by atoms with E-state index in [0.717, 1.165) is 0 Å². The molecule has 0 saturated heterocycles. The molecule has 0 fully saturated rings. The van der Waals surface area contributed by atoms with E-state index in [1.165, 1.54) is 0 Å². The molecule has 0 aromatic heterocycles. The van der Waals surface area contributed by atoms with Crippen molar-refractivity contribution in [3.05, 3.63) is 63.1 Å². The quantitative estimate of drug-likeness (QED) is 0.749. The van der Waals surface area contributed by atoms with Crippen LogP contribution in [0.4, 0.5) is 0 Å². The fraction of sp³-hybridized carbons (Fsp3) is 0.0714. The molecule has 0 N–H and O–H groups in total. The molecule has 0 heterocycles. The van der Waals surface area contributed by atoms with Gasteiger partial charge in [-0.05, 0) is 24.3 Å². The molecule has 0 saturated carbocycles. The van der Waals surface area contributed by atoms with Gasteiger partial charge in [-0.25, -0.2) is 0 Å². The molecular formula is C14H9Cl3O2. The van der Waals surface area contributed by atoms with Crippen LogP contribution in [0.2, 0.25) is 15.1 Å². The maximum Gasteiger partial charge on any atom is 0.201 e. The Morgan fingerprint density at radius 1 is 0.947 bits per heavy atom. The fourth-order valence-corrected chi connectivity index (χ4v) is 2.01. The Morgan fingerprint density at radius 2 is 1.68 bits per heavy atom. The van der Waals surface area contributed by atoms with Gasteiger partial charge >= 0.3 is 0 Å². The van der Waals surface area contributed by atoms with Crippen LogP contribution < -0.4 is 4.74 Å². The third kappa shape index (κ3) is 3.63. The zero-order valence-electron chi connectivity index (χ0n) is 9.70. The first-order valence-corrected chi connectivity index (χ1v) is 6.57. The number of ether oxygens (including phenoxy) is 1. The van der Waals surface area contributed by atoms with E-state index >= 15 is 0 Å². The molecule has 2 rings (SSSR count). The van der Waals surface area contributed by atoms with Gasteiger partial charge in [0.05, 0.1) is 15.1 Å². The molecule has 0 aliphatic rings. The van der Waals surface area contributed by atoms with Crippen LogP contribution in [0.25, 0.3) is 0 Å². The molecule has 0 amide bonds. The van der Waals surface area contributed by atoms with Crippen LogP contribution in [-0.4, -0.2) is 12.4 Å². The summed E-state index contributed by atoms with van der Waals surface area (Å²) < 4.78 is 5.36. The second kappa shape index (κ2) is 6.29. The molecule has 2 aromatic carbocycles. The van der Waals surface area contributed by atoms with E-state index in [-0.39, 0.29) is 12.4 Å². The van der Waals surface area contributed by atoms with Crippen molar-refractivity contribution in [2.75, 3.05) is 6.61 Å². The lowest BCUT2D eigenvalue weighted by Crippen LogP contribution is -2.12. The Balaban J connectivity index is 2.04. The summed E-state index contributed by atoms with van der Waals surface area (Å²) >= 11 is 17.6. The molecule has 0 aliphatic heterocycles. The van der Waals surface area contributed by atoms with Gasteiger partial charge in [0, 0.05) is 11.6 Å². The minimum atomic E-state index is -0.198. The van der Waals surface area contributed by atoms with Gasteiger partial charge in [-0.15, -0.1) is 0 Å². The number of carbonyl (C=O) groups is 1. The molecule has 0 atom stereocenters. The zero-order valence-corrected chi connectivity index (χ0v) is 12.0. The van der Waals surface area contributed by atoms with Crippen molar-refractivity contribution in [3.8, 4) is 5.75 Å². The van der Waals surface area contributed by atoms with E-state index in [0.29, 0.717) is 26.4 Å². The third-order valence-corrected chi connectivity index (χ3v) is 3.50. The second-order valence-corrected chi connectivity index (χ2v) is 4.99. The van der Waals surface area contributed by atoms with Crippen molar-refractivity contribution < 1.29 is 9.53 Å². The van der Waals surface area contributed by atoms with E-state index in [1.807, 2.05) is 0 Å². The Labute approximate surface area is 125 Å². The highest BCUT2D eigenvalue weighted by molar-refractivity contribution is 6.42. The summed E-state index contributed by atoms with van der Waals surface area (Å²) in [7, 11) is 0. The minimum absolute atomic E-state index is 0.109. The maximum atomic E-state index is 11.9. The number of benzene rings is 2. The summed E-state index contributed by atoms with van der Waals surface area (Å²) in [6, 6.07) is 11.6. The van der Waals surface area contributed by atoms with Gasteiger partial charge in [0.2, 0.25) is 5.78 Å². The number of hydrogen-bond acceptors (Lipinski definition) is 2. The van der Waals surface area contributed by atoms with E-state index in [4.69, 9.17) is 39.5 Å². The van der Waals surface area contributed by atoms with Gasteiger partial charge in [-0.3, -0.25) is 4.79 Å². The topological polar surface area (TPSA) is 26.3 Å². The van der Waals surface area contributed by atoms with Crippen LogP contribution >= 0.6 is 34.8 Å². The normalized spacial score (nSPS) is 10.3. The molecule has 0 aliphatic carbocycles. The van der Waals surface area contributed by atoms with E-state index in [2.05, 4.69) is 0 Å². The predicted molar refractivity (Wildman–Crippen MR) is 77.7 cm³/mol. The highest BCUT2D eigenvalue weighted by Crippen LogP contribution is 2.26. The monoisotopic (exact) mass is 314 g/mol. The molecule has 19 heavy (non-hydrogen) atoms. The number of Topliss-reactive ketones (excluding diaryl/α,β-unsaturated/α-hetero) is 1. The lowest BCUT2D eigenvalue weighted by Gasteiger charge is -2.07. The molecule has 0 unspecified atom stereocenters. The number of ketones is 1. The second-order valence-electron chi connectivity index (χ2n) is 3.77. The van der Waals surface area contributed by atoms with E-state index in [1.54, 1.807) is 42.5 Å². The van der Waals surface area contributed by atoms with Gasteiger partial charge in [0.25, 0.3) is 0 Å². The van der Waals surface area contributed by atoms with Gasteiger partial charge < -0.3 is 4.74 Å². The van der Waals surface area contributed by atoms with Crippen LogP contribution in [0.1, 0.15) is 10.4 Å². The molecule has 0 spiro atoms. The lowest BCUT2D eigenvalue weighted by atomic mass is 10.1. The molecule has 2 aromatic rings. The van der Waals surface area contributed by atoms with Crippen LogP contribution in [0.3, 0.4) is 0 Å². The summed E-state index contributed by atoms with van der Waals surface area (Å²) in [5, 5.41) is 1.22. The first-order valence-electron chi connectivity index (χ1n) is 5.43. The van der Waals surface area contributed by atoms with E-state index in [9.17, 15) is 4.79 Å². The average Bonchev–Trinajstić information content (AvgIpc) is 2.40. The van der Waals surface area contributed by atoms with Gasteiger partial charge in [-0.2, -0.15) is 0 Å². The summed E-state index contributed by atoms with van der Waals surface area (Å²) in [6.45, 7) is -0.109. The molecule has 0 radical (unpaired) electrons. The molecule has 5 heteroatoms. The van der Waals surface area contributed by atoms with Crippen LogP contribution in [0.5, 0.6) is 5.75 Å². The average molecular weight is 316 g/mol. The lowest BCUT2D eigenvalue weighted by molar-refractivity contribution is 0.0921. The van der Waals surface area contributed by atoms with Crippen LogP contribution in [0.15, 0.2) is 42.5 Å². The number of rotatable bonds is 4. The van der Waals surface area contributed by atoms with Gasteiger partial charge in [0.15, 0.2) is 6.61 Å². The van der Waals surface area contributed by atoms with Crippen LogP contribution in [0, 0.1) is 0 Å². The number of halogens is 3. The highest BCUT2D eigenvalue weighted by Gasteiger charge is 2.10. The smallest absolute Gasteiger partial charge is 0.201 e. The van der Waals surface area contributed by atoms with Crippen molar-refractivity contribution in [1.29, 1.82) is 0 Å². The fourth-order valence-electron chi connectivity index (χ4n) is 1.48. The molecule has 98 valence electrons. The Kier molecular flexibility index (Phi) is 4.70. The maximum absolute atomic E-state index is 11.9. The zero-order chi connectivity index (χ0) is 13.8. The van der Waals surface area contributed by atoms with Crippen molar-refractivity contribution in [3.63, 3.8) is 0 Å². The SMILES string of the molecule is O=C(COc1ccc(Cl)c(Cl)c1)c1ccccc1Cl. The first kappa shape index (κ1) is 14.2. The first-order chi connectivity index (χ1) is 9.08. The Bertz CT molecular complexity index is 611. The van der Waals surface area contributed by atoms with Gasteiger partial charge in [-0.1, -0.05) is 46.9 Å². The number of hydrogen-bond donors (Lipinski definition) is 0. The molecule has 0 bridgehead atoms. The standard InChI is InChI=1S/C14H9Cl3O2/c15-11-4-2-1-3-10(11)14(18)8-19-9-5-6-12(16)13(17)7-9/h1-7H,8H2. The Hall–Kier alpha value is -1.22. The minimum Gasteiger partial charge on any atom is -0.485 e. The van der Waals surface area contributed by atoms with Gasteiger partial charge in [0.1, 0.15) is 5.75 Å². The van der Waals surface area contributed by atoms with Crippen molar-refractivity contribution in [2.45, 2.75) is 0 Å². The van der Waals surface area contributed by atoms with Crippen LogP contribution in [-0.2, 0) is 0 Å². The summed E-state index contributed by atoms with van der Waals surface area (Å²) in [5.74, 6) is 0.284. The van der Waals surface area contributed by atoms with Crippen molar-refractivity contribution >= 4 is 40.6 Å². The highest BCUT2D eigenvalue weighted by atomic mass is 35.5.